The normalized spacial score (nSPS) is 25.6. The van der Waals surface area contributed by atoms with Crippen molar-refractivity contribution in [1.29, 1.82) is 0 Å². The summed E-state index contributed by atoms with van der Waals surface area (Å²) < 4.78 is 33.1. The van der Waals surface area contributed by atoms with E-state index in [0.29, 0.717) is 57.3 Å². The molecule has 3 aliphatic rings. The maximum Gasteiger partial charge on any atom is 0.248 e. The third kappa shape index (κ3) is 4.48. The fraction of sp³-hybridized carbons (Fsp3) is 0.636. The average Bonchev–Trinajstić information content (AvgIpc) is 3.30. The largest absolute Gasteiger partial charge is 0.378 e. The van der Waals surface area contributed by atoms with Gasteiger partial charge in [0.25, 0.3) is 0 Å². The minimum atomic E-state index is -3.69. The van der Waals surface area contributed by atoms with Gasteiger partial charge in [-0.3, -0.25) is 9.59 Å². The third-order valence-electron chi connectivity index (χ3n) is 6.67. The highest BCUT2D eigenvalue weighted by Crippen LogP contribution is 2.47. The number of sulfonamides is 1. The number of carbonyl (C=O) groups excluding carboxylic acids is 2. The Morgan fingerprint density at radius 1 is 1.27 bits per heavy atom. The molecule has 0 aromatic heterocycles. The van der Waals surface area contributed by atoms with Gasteiger partial charge in [-0.2, -0.15) is 4.31 Å². The maximum absolute atomic E-state index is 13.4. The van der Waals surface area contributed by atoms with E-state index in [1.54, 1.807) is 48.7 Å². The standard InChI is InChI=1S/C22H32N4O5S2/c1-4-25(5-2)33(29,30)16-6-7-18(24-10-12-31-13-11-24)17(14-16)23-21(28)19-15-32-22(3)9-8-20(27)26(19)22/h6-7,14,19H,4-5,8-13,15H2,1-3H3,(H,23,28)/t19-,22+/m1/s1. The summed E-state index contributed by atoms with van der Waals surface area (Å²) in [7, 11) is -3.69. The summed E-state index contributed by atoms with van der Waals surface area (Å²) in [6.07, 6.45) is 1.18. The van der Waals surface area contributed by atoms with Gasteiger partial charge < -0.3 is 19.9 Å². The molecule has 2 atom stereocenters. The van der Waals surface area contributed by atoms with Crippen LogP contribution in [0.15, 0.2) is 23.1 Å². The molecule has 1 N–H and O–H groups in total. The van der Waals surface area contributed by atoms with Crippen molar-refractivity contribution < 1.29 is 22.7 Å². The minimum Gasteiger partial charge on any atom is -0.378 e. The van der Waals surface area contributed by atoms with Crippen molar-refractivity contribution in [3.63, 3.8) is 0 Å². The highest BCUT2D eigenvalue weighted by molar-refractivity contribution is 8.01. The van der Waals surface area contributed by atoms with Crippen LogP contribution in [-0.2, 0) is 24.3 Å². The monoisotopic (exact) mass is 496 g/mol. The molecule has 3 aliphatic heterocycles. The first-order chi connectivity index (χ1) is 15.7. The van der Waals surface area contributed by atoms with Crippen molar-refractivity contribution in [2.75, 3.05) is 55.4 Å². The molecule has 0 bridgehead atoms. The van der Waals surface area contributed by atoms with Crippen molar-refractivity contribution in [3.05, 3.63) is 18.2 Å². The number of nitrogens with zero attached hydrogens (tertiary/aromatic N) is 3. The molecule has 33 heavy (non-hydrogen) atoms. The predicted molar refractivity (Wildman–Crippen MR) is 129 cm³/mol. The lowest BCUT2D eigenvalue weighted by molar-refractivity contribution is -0.135. The lowest BCUT2D eigenvalue weighted by Crippen LogP contribution is -2.48. The van der Waals surface area contributed by atoms with Gasteiger partial charge in [0.2, 0.25) is 21.8 Å². The first kappa shape index (κ1) is 24.3. The minimum absolute atomic E-state index is 0.00563. The molecule has 0 spiro atoms. The van der Waals surface area contributed by atoms with E-state index in [2.05, 4.69) is 10.2 Å². The van der Waals surface area contributed by atoms with Crippen LogP contribution in [0.2, 0.25) is 0 Å². The summed E-state index contributed by atoms with van der Waals surface area (Å²) >= 11 is 1.63. The molecular weight excluding hydrogens is 464 g/mol. The molecular formula is C22H32N4O5S2. The Kier molecular flexibility index (Phi) is 6.95. The molecule has 0 aliphatic carbocycles. The van der Waals surface area contributed by atoms with E-state index < -0.39 is 16.1 Å². The molecule has 11 heteroatoms. The molecule has 0 radical (unpaired) electrons. The Bertz CT molecular complexity index is 1020. The number of fused-ring (bicyclic) bond motifs is 1. The van der Waals surface area contributed by atoms with Crippen LogP contribution >= 0.6 is 11.8 Å². The Morgan fingerprint density at radius 2 is 1.97 bits per heavy atom. The topological polar surface area (TPSA) is 99.3 Å². The molecule has 0 unspecified atom stereocenters. The van der Waals surface area contributed by atoms with Crippen molar-refractivity contribution in [2.45, 2.75) is 49.4 Å². The van der Waals surface area contributed by atoms with Gasteiger partial charge in [0.15, 0.2) is 0 Å². The second kappa shape index (κ2) is 9.44. The molecule has 3 fully saturated rings. The zero-order valence-corrected chi connectivity index (χ0v) is 21.0. The van der Waals surface area contributed by atoms with Crippen molar-refractivity contribution in [1.82, 2.24) is 9.21 Å². The molecule has 182 valence electrons. The summed E-state index contributed by atoms with van der Waals surface area (Å²) in [5.41, 5.74) is 1.20. The van der Waals surface area contributed by atoms with Gasteiger partial charge in [0.1, 0.15) is 6.04 Å². The third-order valence-corrected chi connectivity index (χ3v) is 10.2. The molecule has 3 saturated heterocycles. The van der Waals surface area contributed by atoms with Crippen LogP contribution in [-0.4, -0.2) is 85.5 Å². The average molecular weight is 497 g/mol. The number of hydrogen-bond donors (Lipinski definition) is 1. The predicted octanol–water partition coefficient (Wildman–Crippen LogP) is 1.95. The highest BCUT2D eigenvalue weighted by Gasteiger charge is 2.53. The first-order valence-electron chi connectivity index (χ1n) is 11.4. The number of amides is 2. The first-order valence-corrected chi connectivity index (χ1v) is 13.9. The molecule has 4 rings (SSSR count). The summed E-state index contributed by atoms with van der Waals surface area (Å²) in [5, 5.41) is 2.98. The Hall–Kier alpha value is -1.82. The van der Waals surface area contributed by atoms with Crippen LogP contribution in [0.3, 0.4) is 0 Å². The van der Waals surface area contributed by atoms with Crippen LogP contribution in [0.4, 0.5) is 11.4 Å². The fourth-order valence-corrected chi connectivity index (χ4v) is 7.72. The number of ether oxygens (including phenoxy) is 1. The summed E-state index contributed by atoms with van der Waals surface area (Å²) in [6.45, 7) is 8.74. The lowest BCUT2D eigenvalue weighted by atomic mass is 10.2. The van der Waals surface area contributed by atoms with Crippen molar-refractivity contribution in [3.8, 4) is 0 Å². The van der Waals surface area contributed by atoms with E-state index in [-0.39, 0.29) is 21.6 Å². The van der Waals surface area contributed by atoms with E-state index >= 15 is 0 Å². The Balaban J connectivity index is 1.67. The summed E-state index contributed by atoms with van der Waals surface area (Å²) in [5.74, 6) is 0.237. The molecule has 1 aromatic rings. The van der Waals surface area contributed by atoms with Crippen LogP contribution in [0.1, 0.15) is 33.6 Å². The molecule has 0 saturated carbocycles. The van der Waals surface area contributed by atoms with E-state index in [1.807, 2.05) is 6.92 Å². The quantitative estimate of drug-likeness (QED) is 0.616. The van der Waals surface area contributed by atoms with Gasteiger partial charge in [0, 0.05) is 38.4 Å². The zero-order valence-electron chi connectivity index (χ0n) is 19.4. The van der Waals surface area contributed by atoms with E-state index in [0.717, 1.165) is 12.1 Å². The van der Waals surface area contributed by atoms with E-state index in [1.165, 1.54) is 4.31 Å². The fourth-order valence-electron chi connectivity index (χ4n) is 4.80. The molecule has 2 amide bonds. The number of anilines is 2. The number of nitrogens with one attached hydrogen (secondary N) is 1. The smallest absolute Gasteiger partial charge is 0.248 e. The van der Waals surface area contributed by atoms with Crippen molar-refractivity contribution >= 4 is 45.0 Å². The van der Waals surface area contributed by atoms with Crippen molar-refractivity contribution in [2.24, 2.45) is 0 Å². The van der Waals surface area contributed by atoms with E-state index in [9.17, 15) is 18.0 Å². The zero-order chi connectivity index (χ0) is 23.8. The van der Waals surface area contributed by atoms with Gasteiger partial charge in [-0.25, -0.2) is 8.42 Å². The molecule has 9 nitrogen and oxygen atoms in total. The van der Waals surface area contributed by atoms with Gasteiger partial charge in [-0.15, -0.1) is 11.8 Å². The Morgan fingerprint density at radius 3 is 2.64 bits per heavy atom. The van der Waals surface area contributed by atoms with Gasteiger partial charge in [-0.05, 0) is 31.5 Å². The summed E-state index contributed by atoms with van der Waals surface area (Å²) in [6, 6.07) is 4.33. The molecule has 3 heterocycles. The second-order valence-electron chi connectivity index (χ2n) is 8.62. The van der Waals surface area contributed by atoms with Crippen LogP contribution in [0.5, 0.6) is 0 Å². The van der Waals surface area contributed by atoms with Crippen LogP contribution in [0, 0.1) is 0 Å². The maximum atomic E-state index is 13.4. The molecule has 1 aromatic carbocycles. The van der Waals surface area contributed by atoms with Crippen LogP contribution in [0.25, 0.3) is 0 Å². The van der Waals surface area contributed by atoms with Gasteiger partial charge >= 0.3 is 0 Å². The SMILES string of the molecule is CCN(CC)S(=O)(=O)c1ccc(N2CCOCC2)c(NC(=O)[C@H]2CS[C@@]3(C)CCC(=O)N23)c1. The van der Waals surface area contributed by atoms with Crippen LogP contribution < -0.4 is 10.2 Å². The highest BCUT2D eigenvalue weighted by atomic mass is 32.2. The van der Waals surface area contributed by atoms with Gasteiger partial charge in [0.05, 0.1) is 34.4 Å². The van der Waals surface area contributed by atoms with E-state index in [4.69, 9.17) is 4.74 Å². The Labute approximate surface area is 199 Å². The number of carbonyl (C=O) groups is 2. The van der Waals surface area contributed by atoms with Gasteiger partial charge in [-0.1, -0.05) is 13.8 Å². The number of hydrogen-bond acceptors (Lipinski definition) is 7. The number of benzene rings is 1. The number of morpholine rings is 1. The second-order valence-corrected chi connectivity index (χ2v) is 12.1. The summed E-state index contributed by atoms with van der Waals surface area (Å²) in [4.78, 5) is 29.4. The number of thioether (sulfide) groups is 1. The number of rotatable bonds is 7. The lowest BCUT2D eigenvalue weighted by Gasteiger charge is -2.32.